The molecule has 0 spiro atoms. The zero-order chi connectivity index (χ0) is 30.1. The molecule has 0 aliphatic heterocycles. The van der Waals surface area contributed by atoms with Crippen molar-refractivity contribution in [2.45, 2.75) is 32.6 Å². The first-order chi connectivity index (χ1) is 20.1. The van der Waals surface area contributed by atoms with Crippen molar-refractivity contribution in [2.24, 2.45) is 0 Å². The molecule has 0 radical (unpaired) electrons. The SMILES string of the molecule is Cc1ccc(CNC(=O)[C@H](c2ccccc2)N(Cc2ccc(Cl)cc2)C(=O)CN(Cc2ccccc2)S(C)(=O)=O)cc1. The molecule has 0 aromatic heterocycles. The van der Waals surface area contributed by atoms with E-state index in [0.717, 1.165) is 32.8 Å². The van der Waals surface area contributed by atoms with Gasteiger partial charge < -0.3 is 10.2 Å². The fourth-order valence-electron chi connectivity index (χ4n) is 4.53. The highest BCUT2D eigenvalue weighted by molar-refractivity contribution is 7.88. The molecule has 0 heterocycles. The van der Waals surface area contributed by atoms with Crippen LogP contribution < -0.4 is 5.32 Å². The van der Waals surface area contributed by atoms with Gasteiger partial charge in [-0.1, -0.05) is 114 Å². The highest BCUT2D eigenvalue weighted by Gasteiger charge is 2.33. The van der Waals surface area contributed by atoms with Crippen LogP contribution in [0.5, 0.6) is 0 Å². The number of hydrogen-bond acceptors (Lipinski definition) is 4. The number of benzene rings is 4. The second-order valence-corrected chi connectivity index (χ2v) is 12.6. The Balaban J connectivity index is 1.69. The summed E-state index contributed by atoms with van der Waals surface area (Å²) in [6.45, 7) is 1.92. The van der Waals surface area contributed by atoms with Gasteiger partial charge in [0.2, 0.25) is 21.8 Å². The summed E-state index contributed by atoms with van der Waals surface area (Å²) in [5.41, 5.74) is 4.12. The molecule has 0 saturated heterocycles. The Kier molecular flexibility index (Phi) is 10.5. The van der Waals surface area contributed by atoms with Gasteiger partial charge in [0.15, 0.2) is 0 Å². The monoisotopic (exact) mass is 603 g/mol. The van der Waals surface area contributed by atoms with Crippen LogP contribution in [-0.4, -0.2) is 42.2 Å². The minimum Gasteiger partial charge on any atom is -0.350 e. The Hall–Kier alpha value is -3.98. The number of nitrogens with one attached hydrogen (secondary N) is 1. The van der Waals surface area contributed by atoms with Gasteiger partial charge in [-0.15, -0.1) is 0 Å². The van der Waals surface area contributed by atoms with Gasteiger partial charge in [0.05, 0.1) is 12.8 Å². The maximum Gasteiger partial charge on any atom is 0.247 e. The zero-order valence-electron chi connectivity index (χ0n) is 23.6. The molecule has 4 aromatic rings. The normalized spacial score (nSPS) is 12.1. The van der Waals surface area contributed by atoms with Crippen LogP contribution in [-0.2, 0) is 39.2 Å². The molecule has 0 aliphatic rings. The number of rotatable bonds is 12. The van der Waals surface area contributed by atoms with E-state index in [2.05, 4.69) is 5.32 Å². The zero-order valence-corrected chi connectivity index (χ0v) is 25.2. The lowest BCUT2D eigenvalue weighted by molar-refractivity contribution is -0.141. The number of amides is 2. The van der Waals surface area contributed by atoms with Gasteiger partial charge in [0, 0.05) is 24.7 Å². The van der Waals surface area contributed by atoms with E-state index in [4.69, 9.17) is 11.6 Å². The third-order valence-electron chi connectivity index (χ3n) is 6.83. The van der Waals surface area contributed by atoms with Crippen LogP contribution >= 0.6 is 11.6 Å². The first-order valence-corrected chi connectivity index (χ1v) is 15.7. The first kappa shape index (κ1) is 31.0. The average Bonchev–Trinajstić information content (AvgIpc) is 2.98. The highest BCUT2D eigenvalue weighted by atomic mass is 35.5. The van der Waals surface area contributed by atoms with E-state index in [1.54, 1.807) is 60.7 Å². The molecule has 42 heavy (non-hydrogen) atoms. The molecular weight excluding hydrogens is 570 g/mol. The Morgan fingerprint density at radius 3 is 1.90 bits per heavy atom. The minimum absolute atomic E-state index is 0.0236. The molecule has 0 unspecified atom stereocenters. The van der Waals surface area contributed by atoms with Crippen LogP contribution in [0.2, 0.25) is 5.02 Å². The van der Waals surface area contributed by atoms with Gasteiger partial charge in [0.1, 0.15) is 6.04 Å². The fourth-order valence-corrected chi connectivity index (χ4v) is 5.38. The van der Waals surface area contributed by atoms with Crippen LogP contribution in [0.25, 0.3) is 0 Å². The van der Waals surface area contributed by atoms with Crippen molar-refractivity contribution in [1.82, 2.24) is 14.5 Å². The van der Waals surface area contributed by atoms with E-state index in [0.29, 0.717) is 10.6 Å². The van der Waals surface area contributed by atoms with Crippen LogP contribution in [0, 0.1) is 6.92 Å². The fraction of sp³-hybridized carbons (Fsp3) is 0.212. The van der Waals surface area contributed by atoms with Gasteiger partial charge in [-0.3, -0.25) is 9.59 Å². The van der Waals surface area contributed by atoms with Crippen LogP contribution in [0.15, 0.2) is 109 Å². The summed E-state index contributed by atoms with van der Waals surface area (Å²) in [6.07, 6.45) is 1.08. The van der Waals surface area contributed by atoms with Gasteiger partial charge in [-0.05, 0) is 41.3 Å². The molecule has 4 rings (SSSR count). The lowest BCUT2D eigenvalue weighted by Crippen LogP contribution is -2.47. The molecule has 4 aromatic carbocycles. The van der Waals surface area contributed by atoms with Crippen molar-refractivity contribution >= 4 is 33.4 Å². The van der Waals surface area contributed by atoms with E-state index in [1.165, 1.54) is 4.90 Å². The van der Waals surface area contributed by atoms with E-state index in [1.807, 2.05) is 55.5 Å². The summed E-state index contributed by atoms with van der Waals surface area (Å²) in [5.74, 6) is -0.885. The Morgan fingerprint density at radius 1 is 0.762 bits per heavy atom. The number of carbonyl (C=O) groups is 2. The summed E-state index contributed by atoms with van der Waals surface area (Å²) in [5, 5.41) is 3.52. The van der Waals surface area contributed by atoms with Gasteiger partial charge in [-0.2, -0.15) is 4.31 Å². The molecular formula is C33H34ClN3O4S. The van der Waals surface area contributed by atoms with Crippen molar-refractivity contribution in [3.8, 4) is 0 Å². The molecule has 9 heteroatoms. The van der Waals surface area contributed by atoms with Crippen molar-refractivity contribution in [1.29, 1.82) is 0 Å². The molecule has 7 nitrogen and oxygen atoms in total. The number of halogens is 1. The van der Waals surface area contributed by atoms with Crippen LogP contribution in [0.3, 0.4) is 0 Å². The lowest BCUT2D eigenvalue weighted by atomic mass is 10.0. The molecule has 1 N–H and O–H groups in total. The predicted octanol–water partition coefficient (Wildman–Crippen LogP) is 5.50. The summed E-state index contributed by atoms with van der Waals surface area (Å²) >= 11 is 6.11. The molecule has 0 bridgehead atoms. The Labute approximate surface area is 252 Å². The molecule has 2 amide bonds. The average molecular weight is 604 g/mol. The van der Waals surface area contributed by atoms with Crippen LogP contribution in [0.4, 0.5) is 0 Å². The maximum absolute atomic E-state index is 14.1. The second kappa shape index (κ2) is 14.3. The smallest absolute Gasteiger partial charge is 0.247 e. The van der Waals surface area contributed by atoms with Gasteiger partial charge in [-0.25, -0.2) is 8.42 Å². The van der Waals surface area contributed by atoms with Crippen molar-refractivity contribution in [3.05, 3.63) is 142 Å². The van der Waals surface area contributed by atoms with Crippen LogP contribution in [0.1, 0.15) is 33.9 Å². The third kappa shape index (κ3) is 8.76. The highest BCUT2D eigenvalue weighted by Crippen LogP contribution is 2.25. The number of hydrogen-bond donors (Lipinski definition) is 1. The van der Waals surface area contributed by atoms with Gasteiger partial charge in [0.25, 0.3) is 0 Å². The largest absolute Gasteiger partial charge is 0.350 e. The standard InChI is InChI=1S/C33H34ClN3O4S/c1-25-13-15-26(16-14-25)21-35-33(39)32(29-11-7-4-8-12-29)37(23-28-17-19-30(34)20-18-28)31(38)24-36(42(2,40)41)22-27-9-5-3-6-10-27/h3-20,32H,21-24H2,1-2H3,(H,35,39)/t32-/m0/s1. The quantitative estimate of drug-likeness (QED) is 0.232. The molecule has 1 atom stereocenters. The summed E-state index contributed by atoms with van der Waals surface area (Å²) in [4.78, 5) is 29.4. The van der Waals surface area contributed by atoms with Gasteiger partial charge >= 0.3 is 0 Å². The lowest BCUT2D eigenvalue weighted by Gasteiger charge is -2.33. The molecule has 0 aliphatic carbocycles. The Morgan fingerprint density at radius 2 is 1.31 bits per heavy atom. The topological polar surface area (TPSA) is 86.8 Å². The maximum atomic E-state index is 14.1. The first-order valence-electron chi connectivity index (χ1n) is 13.5. The number of nitrogens with zero attached hydrogens (tertiary/aromatic N) is 2. The van der Waals surface area contributed by atoms with E-state index < -0.39 is 28.5 Å². The van der Waals surface area contributed by atoms with E-state index in [-0.39, 0.29) is 25.5 Å². The molecule has 218 valence electrons. The van der Waals surface area contributed by atoms with Crippen molar-refractivity contribution in [3.63, 3.8) is 0 Å². The molecule has 0 fully saturated rings. The van der Waals surface area contributed by atoms with Crippen molar-refractivity contribution < 1.29 is 18.0 Å². The predicted molar refractivity (Wildman–Crippen MR) is 166 cm³/mol. The number of aryl methyl sites for hydroxylation is 1. The third-order valence-corrected chi connectivity index (χ3v) is 8.28. The summed E-state index contributed by atoms with van der Waals surface area (Å²) in [7, 11) is -3.76. The number of carbonyl (C=O) groups excluding carboxylic acids is 2. The van der Waals surface area contributed by atoms with Crippen molar-refractivity contribution in [2.75, 3.05) is 12.8 Å². The van der Waals surface area contributed by atoms with E-state index >= 15 is 0 Å². The summed E-state index contributed by atoms with van der Waals surface area (Å²) < 4.78 is 26.7. The molecule has 0 saturated carbocycles. The second-order valence-electron chi connectivity index (χ2n) is 10.2. The summed E-state index contributed by atoms with van der Waals surface area (Å²) in [6, 6.07) is 31.9. The Bertz CT molecular complexity index is 1580. The van der Waals surface area contributed by atoms with E-state index in [9.17, 15) is 18.0 Å². The number of sulfonamides is 1. The minimum atomic E-state index is -3.76.